The third-order valence-electron chi connectivity index (χ3n) is 2.95. The van der Waals surface area contributed by atoms with Crippen LogP contribution in [0, 0.1) is 0 Å². The quantitative estimate of drug-likeness (QED) is 0.856. The first-order chi connectivity index (χ1) is 7.65. The number of nitrogens with two attached hydrogens (primary N) is 1. The average molecular weight is 217 g/mol. The molecule has 0 aliphatic rings. The van der Waals surface area contributed by atoms with E-state index in [2.05, 4.69) is 37.1 Å². The van der Waals surface area contributed by atoms with Crippen molar-refractivity contribution in [2.75, 3.05) is 6.54 Å². The fourth-order valence-electron chi connectivity index (χ4n) is 2.19. The molecule has 1 aromatic carbocycles. The van der Waals surface area contributed by atoms with Crippen molar-refractivity contribution in [3.05, 3.63) is 29.5 Å². The van der Waals surface area contributed by atoms with Gasteiger partial charge in [-0.2, -0.15) is 5.10 Å². The minimum absolute atomic E-state index is 0.447. The molecule has 0 spiro atoms. The van der Waals surface area contributed by atoms with E-state index < -0.39 is 0 Å². The largest absolute Gasteiger partial charge is 0.330 e. The number of benzene rings is 1. The molecule has 2 N–H and O–H groups in total. The summed E-state index contributed by atoms with van der Waals surface area (Å²) in [5.74, 6) is 0.447. The lowest BCUT2D eigenvalue weighted by atomic mass is 10.00. The SMILES string of the molecule is CC(C)c1nn(C)c2cccc(CCN)c12. The topological polar surface area (TPSA) is 43.8 Å². The van der Waals surface area contributed by atoms with Crippen LogP contribution in [0.5, 0.6) is 0 Å². The predicted molar refractivity (Wildman–Crippen MR) is 67.6 cm³/mol. The van der Waals surface area contributed by atoms with Crippen LogP contribution in [0.2, 0.25) is 0 Å². The summed E-state index contributed by atoms with van der Waals surface area (Å²) in [4.78, 5) is 0. The molecular formula is C13H19N3. The van der Waals surface area contributed by atoms with E-state index in [1.54, 1.807) is 0 Å². The average Bonchev–Trinajstić information content (AvgIpc) is 2.58. The van der Waals surface area contributed by atoms with Crippen molar-refractivity contribution in [3.8, 4) is 0 Å². The van der Waals surface area contributed by atoms with E-state index >= 15 is 0 Å². The van der Waals surface area contributed by atoms with Gasteiger partial charge in [0.2, 0.25) is 0 Å². The van der Waals surface area contributed by atoms with Crippen molar-refractivity contribution in [1.82, 2.24) is 9.78 Å². The van der Waals surface area contributed by atoms with Crippen LogP contribution in [0.25, 0.3) is 10.9 Å². The van der Waals surface area contributed by atoms with Crippen LogP contribution in [0.4, 0.5) is 0 Å². The number of fused-ring (bicyclic) bond motifs is 1. The normalized spacial score (nSPS) is 11.6. The summed E-state index contributed by atoms with van der Waals surface area (Å²) in [6.45, 7) is 5.05. The number of hydrogen-bond acceptors (Lipinski definition) is 2. The van der Waals surface area contributed by atoms with E-state index in [0.29, 0.717) is 12.5 Å². The van der Waals surface area contributed by atoms with Crippen LogP contribution in [-0.4, -0.2) is 16.3 Å². The fraction of sp³-hybridized carbons (Fsp3) is 0.462. The molecule has 16 heavy (non-hydrogen) atoms. The summed E-state index contributed by atoms with van der Waals surface area (Å²) in [5.41, 5.74) is 9.36. The number of hydrogen-bond donors (Lipinski definition) is 1. The molecule has 0 aliphatic heterocycles. The molecule has 2 rings (SSSR count). The molecule has 0 atom stereocenters. The van der Waals surface area contributed by atoms with Gasteiger partial charge in [-0.25, -0.2) is 0 Å². The minimum atomic E-state index is 0.447. The summed E-state index contributed by atoms with van der Waals surface area (Å²) in [6, 6.07) is 6.36. The summed E-state index contributed by atoms with van der Waals surface area (Å²) in [6.07, 6.45) is 0.919. The smallest absolute Gasteiger partial charge is 0.0731 e. The van der Waals surface area contributed by atoms with Crippen molar-refractivity contribution in [2.24, 2.45) is 12.8 Å². The molecular weight excluding hydrogens is 198 g/mol. The lowest BCUT2D eigenvalue weighted by molar-refractivity contribution is 0.728. The number of rotatable bonds is 3. The standard InChI is InChI=1S/C13H19N3/c1-9(2)13-12-10(7-8-14)5-4-6-11(12)16(3)15-13/h4-6,9H,7-8,14H2,1-3H3. The van der Waals surface area contributed by atoms with Gasteiger partial charge in [0, 0.05) is 12.4 Å². The molecule has 0 unspecified atom stereocenters. The Morgan fingerprint density at radius 3 is 2.75 bits per heavy atom. The zero-order valence-electron chi connectivity index (χ0n) is 10.2. The highest BCUT2D eigenvalue weighted by Gasteiger charge is 2.14. The first kappa shape index (κ1) is 11.1. The Kier molecular flexibility index (Phi) is 2.97. The zero-order chi connectivity index (χ0) is 11.7. The van der Waals surface area contributed by atoms with Crippen LogP contribution < -0.4 is 5.73 Å². The molecule has 3 nitrogen and oxygen atoms in total. The van der Waals surface area contributed by atoms with Crippen LogP contribution in [0.15, 0.2) is 18.2 Å². The summed E-state index contributed by atoms with van der Waals surface area (Å²) < 4.78 is 1.96. The maximum absolute atomic E-state index is 5.66. The van der Waals surface area contributed by atoms with E-state index in [9.17, 15) is 0 Å². The number of aryl methyl sites for hydroxylation is 1. The lowest BCUT2D eigenvalue weighted by Gasteiger charge is -2.05. The molecule has 0 bridgehead atoms. The lowest BCUT2D eigenvalue weighted by Crippen LogP contribution is -2.03. The van der Waals surface area contributed by atoms with Gasteiger partial charge in [-0.15, -0.1) is 0 Å². The Hall–Kier alpha value is -1.35. The second-order valence-electron chi connectivity index (χ2n) is 4.51. The third kappa shape index (κ3) is 1.71. The highest BCUT2D eigenvalue weighted by molar-refractivity contribution is 5.86. The highest BCUT2D eigenvalue weighted by Crippen LogP contribution is 2.27. The van der Waals surface area contributed by atoms with Crippen molar-refractivity contribution in [1.29, 1.82) is 0 Å². The maximum Gasteiger partial charge on any atom is 0.0731 e. The second-order valence-corrected chi connectivity index (χ2v) is 4.51. The molecule has 0 fully saturated rings. The molecule has 0 saturated carbocycles. The van der Waals surface area contributed by atoms with Gasteiger partial charge in [0.25, 0.3) is 0 Å². The molecule has 1 heterocycles. The predicted octanol–water partition coefficient (Wildman–Crippen LogP) is 2.20. The summed E-state index contributed by atoms with van der Waals surface area (Å²) in [5, 5.41) is 5.90. The number of aromatic nitrogens is 2. The van der Waals surface area contributed by atoms with Crippen LogP contribution in [-0.2, 0) is 13.5 Å². The van der Waals surface area contributed by atoms with Gasteiger partial charge in [0.15, 0.2) is 0 Å². The monoisotopic (exact) mass is 217 g/mol. The molecule has 1 aromatic heterocycles. The van der Waals surface area contributed by atoms with E-state index in [4.69, 9.17) is 5.73 Å². The van der Waals surface area contributed by atoms with E-state index in [-0.39, 0.29) is 0 Å². The Labute approximate surface area is 96.2 Å². The van der Waals surface area contributed by atoms with Crippen molar-refractivity contribution in [3.63, 3.8) is 0 Å². The first-order valence-electron chi connectivity index (χ1n) is 5.79. The van der Waals surface area contributed by atoms with Crippen LogP contribution >= 0.6 is 0 Å². The van der Waals surface area contributed by atoms with Gasteiger partial charge in [-0.1, -0.05) is 26.0 Å². The van der Waals surface area contributed by atoms with Crippen molar-refractivity contribution in [2.45, 2.75) is 26.2 Å². The van der Waals surface area contributed by atoms with Gasteiger partial charge in [-0.3, -0.25) is 4.68 Å². The molecule has 2 aromatic rings. The fourth-order valence-corrected chi connectivity index (χ4v) is 2.19. The number of nitrogens with zero attached hydrogens (tertiary/aromatic N) is 2. The van der Waals surface area contributed by atoms with Crippen molar-refractivity contribution >= 4 is 10.9 Å². The molecule has 0 saturated heterocycles. The first-order valence-corrected chi connectivity index (χ1v) is 5.79. The highest BCUT2D eigenvalue weighted by atomic mass is 15.3. The van der Waals surface area contributed by atoms with E-state index in [0.717, 1.165) is 6.42 Å². The molecule has 0 aliphatic carbocycles. The summed E-state index contributed by atoms with van der Waals surface area (Å²) >= 11 is 0. The zero-order valence-corrected chi connectivity index (χ0v) is 10.2. The van der Waals surface area contributed by atoms with Gasteiger partial charge in [0.1, 0.15) is 0 Å². The molecule has 3 heteroatoms. The summed E-state index contributed by atoms with van der Waals surface area (Å²) in [7, 11) is 2.00. The Morgan fingerprint density at radius 1 is 1.38 bits per heavy atom. The van der Waals surface area contributed by atoms with Gasteiger partial charge < -0.3 is 5.73 Å². The molecule has 0 amide bonds. The van der Waals surface area contributed by atoms with E-state index in [1.807, 2.05) is 11.7 Å². The van der Waals surface area contributed by atoms with Crippen LogP contribution in [0.1, 0.15) is 31.0 Å². The maximum atomic E-state index is 5.66. The Bertz CT molecular complexity index is 497. The van der Waals surface area contributed by atoms with Gasteiger partial charge >= 0.3 is 0 Å². The molecule has 86 valence electrons. The Balaban J connectivity index is 2.72. The van der Waals surface area contributed by atoms with Crippen molar-refractivity contribution < 1.29 is 0 Å². The van der Waals surface area contributed by atoms with E-state index in [1.165, 1.54) is 22.2 Å². The molecule has 0 radical (unpaired) electrons. The minimum Gasteiger partial charge on any atom is -0.330 e. The van der Waals surface area contributed by atoms with Gasteiger partial charge in [0.05, 0.1) is 11.2 Å². The third-order valence-corrected chi connectivity index (χ3v) is 2.95. The Morgan fingerprint density at radius 2 is 2.12 bits per heavy atom. The van der Waals surface area contributed by atoms with Crippen LogP contribution in [0.3, 0.4) is 0 Å². The van der Waals surface area contributed by atoms with Gasteiger partial charge in [-0.05, 0) is 30.5 Å². The second kappa shape index (κ2) is 4.26.